The summed E-state index contributed by atoms with van der Waals surface area (Å²) >= 11 is 0. The number of aryl methyl sites for hydroxylation is 2. The van der Waals surface area contributed by atoms with Gasteiger partial charge >= 0.3 is 16.1 Å². The highest BCUT2D eigenvalue weighted by Gasteiger charge is 2.20. The fourth-order valence-corrected chi connectivity index (χ4v) is 4.77. The quantitative estimate of drug-likeness (QED) is 0.543. The van der Waals surface area contributed by atoms with Gasteiger partial charge in [-0.1, -0.05) is 42.0 Å². The number of carbonyl (C=O) groups excluding carboxylic acids is 1. The Hall–Kier alpha value is -3.37. The van der Waals surface area contributed by atoms with Gasteiger partial charge in [-0.3, -0.25) is 0 Å². The molecule has 3 rings (SSSR count). The van der Waals surface area contributed by atoms with E-state index in [1.165, 1.54) is 42.5 Å². The molecule has 31 heavy (non-hydrogen) atoms. The van der Waals surface area contributed by atoms with Gasteiger partial charge in [-0.05, 0) is 49.7 Å². The molecule has 0 aliphatic rings. The molecular weight excluding hydrogens is 440 g/mol. The molecule has 0 saturated carbocycles. The third-order valence-corrected chi connectivity index (χ3v) is 6.97. The molecule has 0 radical (unpaired) electrons. The van der Waals surface area contributed by atoms with Crippen LogP contribution in [0.2, 0.25) is 0 Å². The summed E-state index contributed by atoms with van der Waals surface area (Å²) in [4.78, 5) is 12.2. The number of anilines is 1. The van der Waals surface area contributed by atoms with Crippen LogP contribution in [0.25, 0.3) is 0 Å². The zero-order chi connectivity index (χ0) is 22.6. The van der Waals surface area contributed by atoms with Crippen molar-refractivity contribution in [3.8, 4) is 5.75 Å². The molecule has 2 amide bonds. The maximum atomic E-state index is 12.4. The summed E-state index contributed by atoms with van der Waals surface area (Å²) in [6, 6.07) is 17.0. The Balaban J connectivity index is 1.72. The van der Waals surface area contributed by atoms with Crippen LogP contribution in [-0.4, -0.2) is 22.9 Å². The van der Waals surface area contributed by atoms with E-state index < -0.39 is 26.2 Å². The van der Waals surface area contributed by atoms with Gasteiger partial charge in [-0.15, -0.1) is 0 Å². The van der Waals surface area contributed by atoms with Crippen molar-refractivity contribution in [2.45, 2.75) is 23.6 Å². The Kier molecular flexibility index (Phi) is 6.32. The third kappa shape index (κ3) is 5.62. The monoisotopic (exact) mass is 460 g/mol. The molecule has 0 bridgehead atoms. The van der Waals surface area contributed by atoms with Crippen molar-refractivity contribution in [1.82, 2.24) is 4.72 Å². The first-order chi connectivity index (χ1) is 14.6. The van der Waals surface area contributed by atoms with Crippen LogP contribution in [0.4, 0.5) is 10.5 Å². The first kappa shape index (κ1) is 22.3. The van der Waals surface area contributed by atoms with E-state index in [4.69, 9.17) is 4.18 Å². The molecule has 0 spiro atoms. The van der Waals surface area contributed by atoms with Crippen molar-refractivity contribution < 1.29 is 25.8 Å². The van der Waals surface area contributed by atoms with Gasteiger partial charge in [0.25, 0.3) is 10.0 Å². The number of benzene rings is 3. The van der Waals surface area contributed by atoms with Crippen LogP contribution in [0.15, 0.2) is 82.6 Å². The minimum atomic E-state index is -4.08. The van der Waals surface area contributed by atoms with Crippen molar-refractivity contribution >= 4 is 31.9 Å². The van der Waals surface area contributed by atoms with Crippen molar-refractivity contribution in [3.05, 3.63) is 83.9 Å². The van der Waals surface area contributed by atoms with Crippen molar-refractivity contribution in [2.24, 2.45) is 0 Å². The molecule has 0 fully saturated rings. The lowest BCUT2D eigenvalue weighted by atomic mass is 10.2. The lowest BCUT2D eigenvalue weighted by Crippen LogP contribution is -2.34. The Morgan fingerprint density at radius 1 is 0.839 bits per heavy atom. The molecule has 0 atom stereocenters. The average Bonchev–Trinajstić information content (AvgIpc) is 2.68. The second-order valence-electron chi connectivity index (χ2n) is 6.70. The SMILES string of the molecule is Cc1ccc(S(=O)(=O)Oc2cccc(NC(=O)NS(=O)(=O)c3ccccc3C)c2)cc1. The number of amides is 2. The largest absolute Gasteiger partial charge is 0.379 e. The molecule has 0 aliphatic carbocycles. The van der Waals surface area contributed by atoms with Gasteiger partial charge in [0, 0.05) is 11.8 Å². The molecule has 0 unspecified atom stereocenters. The molecule has 162 valence electrons. The van der Waals surface area contributed by atoms with Crippen LogP contribution in [0.1, 0.15) is 11.1 Å². The van der Waals surface area contributed by atoms with Gasteiger partial charge in [0.05, 0.1) is 4.90 Å². The number of nitrogens with one attached hydrogen (secondary N) is 2. The predicted molar refractivity (Wildman–Crippen MR) is 116 cm³/mol. The molecule has 3 aromatic rings. The molecule has 8 nitrogen and oxygen atoms in total. The molecule has 2 N–H and O–H groups in total. The average molecular weight is 461 g/mol. The molecule has 0 saturated heterocycles. The Bertz CT molecular complexity index is 1320. The summed E-state index contributed by atoms with van der Waals surface area (Å²) in [5.74, 6) is -0.0415. The number of urea groups is 1. The summed E-state index contributed by atoms with van der Waals surface area (Å²) in [5.41, 5.74) is 1.53. The summed E-state index contributed by atoms with van der Waals surface area (Å²) in [7, 11) is -8.15. The van der Waals surface area contributed by atoms with E-state index >= 15 is 0 Å². The summed E-state index contributed by atoms with van der Waals surface area (Å²) in [6.07, 6.45) is 0. The first-order valence-electron chi connectivity index (χ1n) is 9.07. The second kappa shape index (κ2) is 8.78. The third-order valence-electron chi connectivity index (χ3n) is 4.22. The van der Waals surface area contributed by atoms with Crippen molar-refractivity contribution in [1.29, 1.82) is 0 Å². The molecule has 0 aliphatic heterocycles. The maximum Gasteiger partial charge on any atom is 0.339 e. The van der Waals surface area contributed by atoms with E-state index in [0.29, 0.717) is 5.56 Å². The van der Waals surface area contributed by atoms with Crippen molar-refractivity contribution in [2.75, 3.05) is 5.32 Å². The van der Waals surface area contributed by atoms with Gasteiger partial charge < -0.3 is 9.50 Å². The number of rotatable bonds is 6. The van der Waals surface area contributed by atoms with E-state index in [9.17, 15) is 21.6 Å². The summed E-state index contributed by atoms with van der Waals surface area (Å²) in [5, 5.41) is 2.36. The van der Waals surface area contributed by atoms with Gasteiger partial charge in [-0.25, -0.2) is 17.9 Å². The maximum absolute atomic E-state index is 12.4. The van der Waals surface area contributed by atoms with Gasteiger partial charge in [0.2, 0.25) is 0 Å². The van der Waals surface area contributed by atoms with E-state index in [1.54, 1.807) is 37.3 Å². The minimum Gasteiger partial charge on any atom is -0.379 e. The van der Waals surface area contributed by atoms with Gasteiger partial charge in [0.15, 0.2) is 0 Å². The molecular formula is C21H20N2O6S2. The van der Waals surface area contributed by atoms with Crippen LogP contribution in [0.3, 0.4) is 0 Å². The minimum absolute atomic E-state index is 0.0153. The van der Waals surface area contributed by atoms with E-state index in [-0.39, 0.29) is 21.2 Å². The Morgan fingerprint density at radius 3 is 2.19 bits per heavy atom. The number of hydrogen-bond acceptors (Lipinski definition) is 6. The van der Waals surface area contributed by atoms with E-state index in [0.717, 1.165) is 5.56 Å². The normalized spacial score (nSPS) is 11.5. The van der Waals surface area contributed by atoms with Gasteiger partial charge in [-0.2, -0.15) is 8.42 Å². The number of sulfonamides is 1. The highest BCUT2D eigenvalue weighted by Crippen LogP contribution is 2.22. The number of carbonyl (C=O) groups is 1. The number of hydrogen-bond donors (Lipinski definition) is 2. The predicted octanol–water partition coefficient (Wildman–Crippen LogP) is 3.58. The fraction of sp³-hybridized carbons (Fsp3) is 0.0952. The van der Waals surface area contributed by atoms with Crippen LogP contribution < -0.4 is 14.2 Å². The topological polar surface area (TPSA) is 119 Å². The highest BCUT2D eigenvalue weighted by atomic mass is 32.2. The zero-order valence-corrected chi connectivity index (χ0v) is 18.3. The smallest absolute Gasteiger partial charge is 0.339 e. The molecule has 0 aromatic heterocycles. The van der Waals surface area contributed by atoms with Crippen LogP contribution in [-0.2, 0) is 20.1 Å². The summed E-state index contributed by atoms with van der Waals surface area (Å²) < 4.78 is 56.7. The van der Waals surface area contributed by atoms with Crippen molar-refractivity contribution in [3.63, 3.8) is 0 Å². The molecule has 3 aromatic carbocycles. The standard InChI is InChI=1S/C21H20N2O6S2/c1-15-10-12-19(13-11-15)31(27,28)29-18-8-5-7-17(14-18)22-21(24)23-30(25,26)20-9-4-3-6-16(20)2/h3-14H,1-2H3,(H2,22,23,24). The highest BCUT2D eigenvalue weighted by molar-refractivity contribution is 7.90. The molecule has 0 heterocycles. The van der Waals surface area contributed by atoms with E-state index in [2.05, 4.69) is 5.32 Å². The lowest BCUT2D eigenvalue weighted by molar-refractivity contribution is 0.256. The van der Waals surface area contributed by atoms with Crippen LogP contribution >= 0.6 is 0 Å². The second-order valence-corrected chi connectivity index (χ2v) is 9.90. The Labute approximate surface area is 181 Å². The fourth-order valence-electron chi connectivity index (χ4n) is 2.70. The van der Waals surface area contributed by atoms with Crippen LogP contribution in [0.5, 0.6) is 5.75 Å². The van der Waals surface area contributed by atoms with Crippen LogP contribution in [0, 0.1) is 13.8 Å². The lowest BCUT2D eigenvalue weighted by Gasteiger charge is -2.11. The Morgan fingerprint density at radius 2 is 1.52 bits per heavy atom. The zero-order valence-electron chi connectivity index (χ0n) is 16.7. The van der Waals surface area contributed by atoms with E-state index in [1.807, 2.05) is 11.6 Å². The van der Waals surface area contributed by atoms with Gasteiger partial charge in [0.1, 0.15) is 10.6 Å². The molecule has 10 heteroatoms. The summed E-state index contributed by atoms with van der Waals surface area (Å²) in [6.45, 7) is 3.44. The first-order valence-corrected chi connectivity index (χ1v) is 12.0.